The second kappa shape index (κ2) is 2.24. The lowest BCUT2D eigenvalue weighted by atomic mass is 10.9. The van der Waals surface area contributed by atoms with Crippen molar-refractivity contribution in [3.05, 3.63) is 18.0 Å². The molecule has 0 aromatic carbocycles. The number of nitrogens with zero attached hydrogens (tertiary/aromatic N) is 2. The minimum Gasteiger partial charge on any atom is -0.321 e. The van der Waals surface area contributed by atoms with E-state index in [1.807, 2.05) is 0 Å². The van der Waals surface area contributed by atoms with Gasteiger partial charge >= 0.3 is 6.55 Å². The molecule has 0 aliphatic carbocycles. The molecule has 0 bridgehead atoms. The molecule has 0 radical (unpaired) electrons. The molecule has 1 N–H and O–H groups in total. The normalized spacial score (nSPS) is 10.8. The van der Waals surface area contributed by atoms with Crippen LogP contribution in [0.25, 0.3) is 0 Å². The van der Waals surface area contributed by atoms with E-state index in [-0.39, 0.29) is 5.62 Å². The van der Waals surface area contributed by atoms with Crippen LogP contribution in [0, 0.1) is 5.41 Å². The highest BCUT2D eigenvalue weighted by atomic mass is 19.3. The van der Waals surface area contributed by atoms with Crippen molar-refractivity contribution in [3.63, 3.8) is 0 Å². The van der Waals surface area contributed by atoms with Gasteiger partial charge in [0, 0.05) is 19.4 Å². The fourth-order valence-corrected chi connectivity index (χ4v) is 0.653. The van der Waals surface area contributed by atoms with E-state index >= 15 is 0 Å². The van der Waals surface area contributed by atoms with E-state index in [1.54, 1.807) is 7.05 Å². The molecule has 1 heterocycles. The summed E-state index contributed by atoms with van der Waals surface area (Å²) in [5, 5.41) is 7.05. The number of nitrogens with one attached hydrogen (secondary N) is 1. The summed E-state index contributed by atoms with van der Waals surface area (Å²) >= 11 is 0. The van der Waals surface area contributed by atoms with Gasteiger partial charge < -0.3 is 4.57 Å². The van der Waals surface area contributed by atoms with Crippen molar-refractivity contribution >= 4 is 0 Å². The van der Waals surface area contributed by atoms with Crippen LogP contribution in [0.1, 0.15) is 6.55 Å². The second-order valence-corrected chi connectivity index (χ2v) is 1.92. The highest BCUT2D eigenvalue weighted by Crippen LogP contribution is 2.04. The zero-order chi connectivity index (χ0) is 7.72. The molecule has 0 saturated heterocycles. The Balaban J connectivity index is 3.18. The largest absolute Gasteiger partial charge is 0.321 e. The van der Waals surface area contributed by atoms with E-state index < -0.39 is 6.55 Å². The van der Waals surface area contributed by atoms with E-state index in [9.17, 15) is 8.78 Å². The first-order valence-electron chi connectivity index (χ1n) is 2.69. The molecule has 0 amide bonds. The topological polar surface area (TPSA) is 33.7 Å². The number of aromatic nitrogens is 2. The average Bonchev–Trinajstić information content (AvgIpc) is 2.14. The number of hydrogen-bond donors (Lipinski definition) is 1. The van der Waals surface area contributed by atoms with Crippen molar-refractivity contribution in [1.82, 2.24) is 9.13 Å². The molecular weight excluding hydrogens is 140 g/mol. The molecule has 56 valence electrons. The predicted octanol–water partition coefficient (Wildman–Crippen LogP) is 0.701. The van der Waals surface area contributed by atoms with Gasteiger partial charge in [0.25, 0.3) is 0 Å². The Morgan fingerprint density at radius 1 is 1.50 bits per heavy atom. The van der Waals surface area contributed by atoms with Gasteiger partial charge in [-0.05, 0) is 0 Å². The first-order chi connectivity index (χ1) is 4.63. The molecule has 0 saturated carbocycles. The average molecular weight is 147 g/mol. The van der Waals surface area contributed by atoms with Crippen molar-refractivity contribution in [1.29, 1.82) is 5.41 Å². The van der Waals surface area contributed by atoms with Crippen LogP contribution in [-0.4, -0.2) is 9.13 Å². The Morgan fingerprint density at radius 3 is 2.30 bits per heavy atom. The lowest BCUT2D eigenvalue weighted by molar-refractivity contribution is 0.0645. The van der Waals surface area contributed by atoms with Crippen LogP contribution in [-0.2, 0) is 7.05 Å². The molecule has 0 fully saturated rings. The van der Waals surface area contributed by atoms with Crippen LogP contribution in [0.3, 0.4) is 0 Å². The lowest BCUT2D eigenvalue weighted by Crippen LogP contribution is -2.22. The number of hydrogen-bond acceptors (Lipinski definition) is 1. The summed E-state index contributed by atoms with van der Waals surface area (Å²) in [7, 11) is 1.54. The van der Waals surface area contributed by atoms with Gasteiger partial charge in [-0.15, -0.1) is 0 Å². The van der Waals surface area contributed by atoms with Gasteiger partial charge in [0.2, 0.25) is 5.62 Å². The third-order valence-corrected chi connectivity index (χ3v) is 1.24. The summed E-state index contributed by atoms with van der Waals surface area (Å²) in [6.07, 6.45) is 2.58. The van der Waals surface area contributed by atoms with Gasteiger partial charge in [-0.1, -0.05) is 0 Å². The summed E-state index contributed by atoms with van der Waals surface area (Å²) in [5.41, 5.74) is -0.199. The smallest absolute Gasteiger partial charge is 0.321 e. The fourth-order valence-electron chi connectivity index (χ4n) is 0.653. The van der Waals surface area contributed by atoms with Crippen LogP contribution >= 0.6 is 0 Å². The van der Waals surface area contributed by atoms with Crippen LogP contribution in [0.2, 0.25) is 0 Å². The van der Waals surface area contributed by atoms with Crippen molar-refractivity contribution < 1.29 is 8.78 Å². The first-order valence-corrected chi connectivity index (χ1v) is 2.69. The highest BCUT2D eigenvalue weighted by molar-refractivity contribution is 4.77. The van der Waals surface area contributed by atoms with E-state index in [1.165, 1.54) is 17.0 Å². The van der Waals surface area contributed by atoms with Crippen molar-refractivity contribution in [2.24, 2.45) is 7.05 Å². The summed E-state index contributed by atoms with van der Waals surface area (Å²) in [4.78, 5) is 0. The zero-order valence-corrected chi connectivity index (χ0v) is 5.38. The van der Waals surface area contributed by atoms with Crippen LogP contribution in [0.15, 0.2) is 12.4 Å². The van der Waals surface area contributed by atoms with E-state index in [0.29, 0.717) is 4.57 Å². The summed E-state index contributed by atoms with van der Waals surface area (Å²) in [6, 6.07) is 0. The molecule has 10 heavy (non-hydrogen) atoms. The summed E-state index contributed by atoms with van der Waals surface area (Å²) < 4.78 is 25.6. The number of aryl methyl sites for hydroxylation is 1. The van der Waals surface area contributed by atoms with Gasteiger partial charge in [0.15, 0.2) is 0 Å². The van der Waals surface area contributed by atoms with Crippen LogP contribution in [0.5, 0.6) is 0 Å². The molecule has 0 atom stereocenters. The minimum atomic E-state index is -2.62. The third-order valence-electron chi connectivity index (χ3n) is 1.24. The molecule has 1 rings (SSSR count). The number of imidazole rings is 1. The monoisotopic (exact) mass is 147 g/mol. The Morgan fingerprint density at radius 2 is 2.10 bits per heavy atom. The third kappa shape index (κ3) is 0.940. The number of alkyl halides is 2. The van der Waals surface area contributed by atoms with E-state index in [2.05, 4.69) is 0 Å². The number of halogens is 2. The maximum absolute atomic E-state index is 11.9. The van der Waals surface area contributed by atoms with Gasteiger partial charge in [-0.25, -0.2) is 0 Å². The Bertz CT molecular complexity index is 273. The second-order valence-electron chi connectivity index (χ2n) is 1.92. The molecule has 5 heteroatoms. The quantitative estimate of drug-likeness (QED) is 0.606. The first kappa shape index (κ1) is 6.98. The predicted molar refractivity (Wildman–Crippen MR) is 30.5 cm³/mol. The Labute approximate surface area is 56.0 Å². The molecule has 1 aromatic rings. The molecule has 0 aliphatic heterocycles. The Hall–Kier alpha value is -1.13. The van der Waals surface area contributed by atoms with Gasteiger partial charge in [-0.2, -0.15) is 8.78 Å². The lowest BCUT2D eigenvalue weighted by Gasteiger charge is -1.97. The zero-order valence-electron chi connectivity index (χ0n) is 5.38. The van der Waals surface area contributed by atoms with Crippen molar-refractivity contribution in [3.8, 4) is 0 Å². The van der Waals surface area contributed by atoms with Crippen molar-refractivity contribution in [2.45, 2.75) is 6.55 Å². The van der Waals surface area contributed by atoms with Crippen molar-refractivity contribution in [2.75, 3.05) is 0 Å². The Kier molecular flexibility index (Phi) is 1.57. The van der Waals surface area contributed by atoms with E-state index in [4.69, 9.17) is 5.41 Å². The maximum atomic E-state index is 11.9. The maximum Gasteiger partial charge on any atom is 0.321 e. The summed E-state index contributed by atoms with van der Waals surface area (Å²) in [5.74, 6) is 0. The fraction of sp³-hybridized carbons (Fsp3) is 0.400. The van der Waals surface area contributed by atoms with Gasteiger partial charge in [0.05, 0.1) is 0 Å². The van der Waals surface area contributed by atoms with Crippen LogP contribution in [0.4, 0.5) is 8.78 Å². The van der Waals surface area contributed by atoms with Gasteiger partial charge in [-0.3, -0.25) is 9.98 Å². The molecular formula is C5H7F2N3. The molecule has 3 nitrogen and oxygen atoms in total. The van der Waals surface area contributed by atoms with E-state index in [0.717, 1.165) is 0 Å². The summed E-state index contributed by atoms with van der Waals surface area (Å²) in [6.45, 7) is -2.62. The highest BCUT2D eigenvalue weighted by Gasteiger charge is 2.05. The molecule has 0 aliphatic rings. The molecule has 0 unspecified atom stereocenters. The van der Waals surface area contributed by atoms with Gasteiger partial charge in [0.1, 0.15) is 0 Å². The minimum absolute atomic E-state index is 0.199. The molecule has 0 spiro atoms. The standard InChI is InChI=1S/C5H7F2N3/c1-9-2-3-10(4(6)7)5(9)8/h2-4,8H,1H3. The SMILES string of the molecule is Cn1ccn(C(F)F)c1=N. The number of rotatable bonds is 1. The molecule has 1 aromatic heterocycles. The van der Waals surface area contributed by atoms with Crippen LogP contribution < -0.4 is 5.62 Å².